The van der Waals surface area contributed by atoms with Crippen molar-refractivity contribution in [1.29, 1.82) is 0 Å². The molecule has 0 spiro atoms. The number of methoxy groups -OCH3 is 1. The van der Waals surface area contributed by atoms with E-state index in [9.17, 15) is 14.4 Å². The van der Waals surface area contributed by atoms with Crippen LogP contribution in [-0.2, 0) is 20.7 Å². The van der Waals surface area contributed by atoms with Crippen LogP contribution in [0.25, 0.3) is 10.9 Å². The van der Waals surface area contributed by atoms with E-state index < -0.39 is 23.7 Å². The fraction of sp³-hybridized carbons (Fsp3) is 0.333. The molecule has 1 unspecified atom stereocenters. The van der Waals surface area contributed by atoms with Crippen LogP contribution in [0.2, 0.25) is 0 Å². The number of benzene rings is 1. The van der Waals surface area contributed by atoms with Crippen molar-refractivity contribution in [3.05, 3.63) is 60.5 Å². The summed E-state index contributed by atoms with van der Waals surface area (Å²) >= 11 is 0. The molecule has 8 nitrogen and oxygen atoms in total. The lowest BCUT2D eigenvalue weighted by Gasteiger charge is -2.23. The minimum atomic E-state index is -1.09. The molecule has 170 valence electrons. The molecule has 32 heavy (non-hydrogen) atoms. The predicted octanol–water partition coefficient (Wildman–Crippen LogP) is 4.12. The number of fused-ring (bicyclic) bond motifs is 1. The number of hydrogen-bond donors (Lipinski definition) is 1. The van der Waals surface area contributed by atoms with Crippen LogP contribution in [0.5, 0.6) is 5.75 Å². The third kappa shape index (κ3) is 6.66. The molecule has 8 heteroatoms. The molecule has 0 aliphatic heterocycles. The zero-order chi connectivity index (χ0) is 23.9. The number of ether oxygens (including phenoxy) is 3. The van der Waals surface area contributed by atoms with E-state index in [0.717, 1.165) is 6.29 Å². The largest absolute Gasteiger partial charge is 0.494 e. The van der Waals surface area contributed by atoms with Crippen LogP contribution in [-0.4, -0.2) is 42.1 Å². The second-order valence-corrected chi connectivity index (χ2v) is 8.03. The van der Waals surface area contributed by atoms with Gasteiger partial charge in [0, 0.05) is 29.5 Å². The normalized spacial score (nSPS) is 11.9. The number of pyridine rings is 1. The molecule has 1 atom stereocenters. The lowest BCUT2D eigenvalue weighted by Crippen LogP contribution is -2.45. The standard InChI is InChI=1S/C24H28N2O6/c1-7-8-15(2)31-22(28)19(26-23(29)32-24(3,4)5)13-17-10-11-18-16(14-27)9-12-20(30-6)21(18)25-17/h7,9-12,14,19H,1-2,8,13H2,3-6H3,(H,26,29). The topological polar surface area (TPSA) is 104 Å². The number of nitrogens with zero attached hydrogens (tertiary/aromatic N) is 1. The summed E-state index contributed by atoms with van der Waals surface area (Å²) in [5, 5.41) is 3.15. The maximum atomic E-state index is 12.7. The Hall–Kier alpha value is -3.68. The minimum Gasteiger partial charge on any atom is -0.494 e. The molecule has 0 aliphatic rings. The van der Waals surface area contributed by atoms with Gasteiger partial charge in [0.05, 0.1) is 7.11 Å². The van der Waals surface area contributed by atoms with Gasteiger partial charge in [0.2, 0.25) is 0 Å². The summed E-state index contributed by atoms with van der Waals surface area (Å²) in [5.41, 5.74) is 0.662. The maximum absolute atomic E-state index is 12.7. The van der Waals surface area contributed by atoms with Crippen LogP contribution in [0.3, 0.4) is 0 Å². The van der Waals surface area contributed by atoms with Gasteiger partial charge in [-0.15, -0.1) is 6.58 Å². The maximum Gasteiger partial charge on any atom is 0.408 e. The van der Waals surface area contributed by atoms with Gasteiger partial charge in [0.1, 0.15) is 28.7 Å². The van der Waals surface area contributed by atoms with Gasteiger partial charge in [-0.1, -0.05) is 18.7 Å². The van der Waals surface area contributed by atoms with Crippen molar-refractivity contribution in [3.63, 3.8) is 0 Å². The summed E-state index contributed by atoms with van der Waals surface area (Å²) in [6.07, 6.45) is 1.82. The Morgan fingerprint density at radius 2 is 1.94 bits per heavy atom. The first-order valence-corrected chi connectivity index (χ1v) is 9.99. The monoisotopic (exact) mass is 440 g/mol. The first-order valence-electron chi connectivity index (χ1n) is 9.99. The number of allylic oxidation sites excluding steroid dienone is 1. The Labute approximate surface area is 187 Å². The van der Waals surface area contributed by atoms with Gasteiger partial charge in [-0.25, -0.2) is 14.6 Å². The molecule has 0 fully saturated rings. The first-order chi connectivity index (χ1) is 15.1. The second kappa shape index (κ2) is 10.6. The quantitative estimate of drug-likeness (QED) is 0.271. The third-order valence-electron chi connectivity index (χ3n) is 4.26. The van der Waals surface area contributed by atoms with Gasteiger partial charge in [-0.05, 0) is 39.0 Å². The molecule has 0 radical (unpaired) electrons. The number of alkyl carbamates (subject to hydrolysis) is 1. The average Bonchev–Trinajstić information content (AvgIpc) is 2.71. The van der Waals surface area contributed by atoms with Crippen molar-refractivity contribution in [2.24, 2.45) is 0 Å². The number of rotatable bonds is 9. The molecule has 0 bridgehead atoms. The van der Waals surface area contributed by atoms with Gasteiger partial charge in [0.15, 0.2) is 6.29 Å². The highest BCUT2D eigenvalue weighted by Crippen LogP contribution is 2.27. The lowest BCUT2D eigenvalue weighted by atomic mass is 10.1. The van der Waals surface area contributed by atoms with Crippen LogP contribution < -0.4 is 10.1 Å². The second-order valence-electron chi connectivity index (χ2n) is 8.03. The van der Waals surface area contributed by atoms with Gasteiger partial charge in [-0.3, -0.25) is 4.79 Å². The third-order valence-corrected chi connectivity index (χ3v) is 4.26. The zero-order valence-corrected chi connectivity index (χ0v) is 18.8. The van der Waals surface area contributed by atoms with E-state index in [4.69, 9.17) is 14.2 Å². The molecule has 1 aromatic carbocycles. The minimum absolute atomic E-state index is 0.0177. The van der Waals surface area contributed by atoms with Crippen LogP contribution >= 0.6 is 0 Å². The number of nitrogens with one attached hydrogen (secondary N) is 1. The molecular weight excluding hydrogens is 412 g/mol. The zero-order valence-electron chi connectivity index (χ0n) is 18.8. The number of aldehydes is 1. The van der Waals surface area contributed by atoms with E-state index in [1.807, 2.05) is 0 Å². The number of carbonyl (C=O) groups is 3. The van der Waals surface area contributed by atoms with Crippen LogP contribution in [0.1, 0.15) is 43.2 Å². The Kier molecular flexibility index (Phi) is 8.12. The van der Waals surface area contributed by atoms with Crippen LogP contribution in [0.4, 0.5) is 4.79 Å². The molecule has 0 saturated heterocycles. The number of esters is 1. The van der Waals surface area contributed by atoms with Gasteiger partial charge < -0.3 is 19.5 Å². The van der Waals surface area contributed by atoms with Gasteiger partial charge in [-0.2, -0.15) is 0 Å². The molecule has 1 aromatic heterocycles. The summed E-state index contributed by atoms with van der Waals surface area (Å²) < 4.78 is 15.9. The lowest BCUT2D eigenvalue weighted by molar-refractivity contribution is -0.142. The highest BCUT2D eigenvalue weighted by Gasteiger charge is 2.27. The predicted molar refractivity (Wildman–Crippen MR) is 121 cm³/mol. The molecule has 1 amide bonds. The van der Waals surface area contributed by atoms with Crippen molar-refractivity contribution >= 4 is 29.3 Å². The number of carbonyl (C=O) groups excluding carboxylic acids is 3. The highest BCUT2D eigenvalue weighted by molar-refractivity contribution is 5.99. The fourth-order valence-electron chi connectivity index (χ4n) is 2.90. The molecule has 0 aliphatic carbocycles. The Morgan fingerprint density at radius 1 is 1.22 bits per heavy atom. The highest BCUT2D eigenvalue weighted by atomic mass is 16.6. The Balaban J connectivity index is 2.36. The molecule has 2 aromatic rings. The van der Waals surface area contributed by atoms with E-state index in [1.165, 1.54) is 7.11 Å². The number of amides is 1. The molecule has 2 rings (SSSR count). The van der Waals surface area contributed by atoms with Crippen LogP contribution in [0.15, 0.2) is 49.3 Å². The smallest absolute Gasteiger partial charge is 0.408 e. The van der Waals surface area contributed by atoms with Crippen molar-refractivity contribution in [2.75, 3.05) is 7.11 Å². The molecule has 0 saturated carbocycles. The van der Waals surface area contributed by atoms with Gasteiger partial charge in [0.25, 0.3) is 0 Å². The first kappa shape index (κ1) is 24.6. The van der Waals surface area contributed by atoms with E-state index in [-0.39, 0.29) is 18.6 Å². The van der Waals surface area contributed by atoms with Crippen molar-refractivity contribution in [1.82, 2.24) is 10.3 Å². The van der Waals surface area contributed by atoms with E-state index in [0.29, 0.717) is 27.9 Å². The summed E-state index contributed by atoms with van der Waals surface area (Å²) in [6, 6.07) is 5.59. The summed E-state index contributed by atoms with van der Waals surface area (Å²) in [7, 11) is 1.50. The molecular formula is C24H28N2O6. The number of hydrogen-bond acceptors (Lipinski definition) is 7. The summed E-state index contributed by atoms with van der Waals surface area (Å²) in [4.78, 5) is 41.0. The SMILES string of the molecule is C=CCC(=C)OC(=O)C(Cc1ccc2c(C=O)ccc(OC)c2n1)NC(=O)OC(C)(C)C. The molecule has 1 heterocycles. The van der Waals surface area contributed by atoms with Crippen molar-refractivity contribution in [3.8, 4) is 5.75 Å². The molecule has 1 N–H and O–H groups in total. The summed E-state index contributed by atoms with van der Waals surface area (Å²) in [6.45, 7) is 12.4. The van der Waals surface area contributed by atoms with Crippen molar-refractivity contribution < 1.29 is 28.6 Å². The summed E-state index contributed by atoms with van der Waals surface area (Å²) in [5.74, 6) is -0.0333. The van der Waals surface area contributed by atoms with E-state index >= 15 is 0 Å². The van der Waals surface area contributed by atoms with E-state index in [1.54, 1.807) is 51.1 Å². The van der Waals surface area contributed by atoms with E-state index in [2.05, 4.69) is 23.5 Å². The fourth-order valence-corrected chi connectivity index (χ4v) is 2.90. The Morgan fingerprint density at radius 3 is 2.53 bits per heavy atom. The van der Waals surface area contributed by atoms with Crippen LogP contribution in [0, 0.1) is 0 Å². The van der Waals surface area contributed by atoms with Gasteiger partial charge >= 0.3 is 12.1 Å². The Bertz CT molecular complexity index is 1040. The number of aromatic nitrogens is 1. The average molecular weight is 440 g/mol. The van der Waals surface area contributed by atoms with Crippen molar-refractivity contribution in [2.45, 2.75) is 45.3 Å².